The van der Waals surface area contributed by atoms with Crippen LogP contribution in [0.4, 0.5) is 0 Å². The zero-order chi connectivity index (χ0) is 46.8. The Hall–Kier alpha value is -7.04. The van der Waals surface area contributed by atoms with Crippen LogP contribution in [0.5, 0.6) is 5.75 Å². The number of para-hydroxylation sites is 1. The molecule has 0 unspecified atom stereocenters. The number of aryl methyl sites for hydroxylation is 1. The van der Waals surface area contributed by atoms with Crippen molar-refractivity contribution in [2.75, 3.05) is 0 Å². The number of pyridine rings is 1. The van der Waals surface area contributed by atoms with Crippen LogP contribution in [0.25, 0.3) is 83.9 Å². The Morgan fingerprint density at radius 3 is 1.89 bits per heavy atom. The number of hydrogen-bond donors (Lipinski definition) is 1. The molecule has 0 aliphatic rings. The molecule has 0 radical (unpaired) electrons. The minimum absolute atomic E-state index is 0.0563. The molecule has 0 saturated heterocycles. The fourth-order valence-electron chi connectivity index (χ4n) is 8.25. The van der Waals surface area contributed by atoms with Crippen molar-refractivity contribution in [1.29, 1.82) is 0 Å². The zero-order valence-corrected chi connectivity index (χ0v) is 36.6. The maximum Gasteiger partial charge on any atom is 0.149 e. The van der Waals surface area contributed by atoms with Gasteiger partial charge in [0.05, 0.1) is 33.5 Å². The molecule has 0 aliphatic carbocycles. The molecule has 2 heterocycles. The van der Waals surface area contributed by atoms with Gasteiger partial charge in [0.15, 0.2) is 0 Å². The van der Waals surface area contributed by atoms with Gasteiger partial charge >= 0.3 is 0 Å². The monoisotopic (exact) mass is 811 g/mol. The summed E-state index contributed by atoms with van der Waals surface area (Å²) < 4.78 is 37.0. The molecule has 4 heteroatoms. The van der Waals surface area contributed by atoms with Crippen LogP contribution >= 0.6 is 0 Å². The average molecular weight is 812 g/mol. The third-order valence-corrected chi connectivity index (χ3v) is 11.6. The van der Waals surface area contributed by atoms with Crippen molar-refractivity contribution in [3.8, 4) is 78.6 Å². The first-order chi connectivity index (χ1) is 31.4. The Morgan fingerprint density at radius 1 is 0.516 bits per heavy atom. The molecule has 0 aliphatic heterocycles. The molecule has 1 N–H and O–H groups in total. The quantitative estimate of drug-likeness (QED) is 0.174. The maximum absolute atomic E-state index is 12.5. The highest BCUT2D eigenvalue weighted by Crippen LogP contribution is 2.46. The molecular weight excluding hydrogens is 755 g/mol. The molecule has 9 rings (SSSR count). The summed E-state index contributed by atoms with van der Waals surface area (Å²) in [5, 5.41) is 12.5. The Labute approximate surface area is 371 Å². The number of aromatic hydroxyl groups is 1. The molecule has 306 valence electrons. The van der Waals surface area contributed by atoms with Gasteiger partial charge in [0.25, 0.3) is 0 Å². The predicted octanol–water partition coefficient (Wildman–Crippen LogP) is 15.3. The van der Waals surface area contributed by atoms with Crippen LogP contribution in [0.15, 0.2) is 170 Å². The molecule has 0 fully saturated rings. The van der Waals surface area contributed by atoms with E-state index in [1.54, 1.807) is 19.2 Å². The molecule has 7 aromatic carbocycles. The SMILES string of the molecule is [2H]c1c([2H])c(-c2ccnc(-c3cc(-c4ccccc4)cc(-c4cccc5c4nc(-c4cc(C(C)(C)C)cc(C(C)(C)C)c4O)n5-c4ccc(C)cc4-c4ccccc4)c3)c2)c([2H])c([2H])c1C. The lowest BCUT2D eigenvalue weighted by Gasteiger charge is -2.27. The number of fused-ring (bicyclic) bond motifs is 1. The molecular formula is C58H53N3O. The van der Waals surface area contributed by atoms with E-state index in [9.17, 15) is 5.11 Å². The fraction of sp³-hybridized carbons (Fsp3) is 0.172. The number of rotatable bonds is 7. The normalized spacial score (nSPS) is 12.8. The number of benzene rings is 7. The lowest BCUT2D eigenvalue weighted by atomic mass is 9.79. The second-order valence-corrected chi connectivity index (χ2v) is 18.3. The lowest BCUT2D eigenvalue weighted by Crippen LogP contribution is -2.17. The first-order valence-corrected chi connectivity index (χ1v) is 21.2. The molecule has 0 atom stereocenters. The summed E-state index contributed by atoms with van der Waals surface area (Å²) in [5.41, 5.74) is 14.1. The van der Waals surface area contributed by atoms with Gasteiger partial charge in [-0.05, 0) is 118 Å². The van der Waals surface area contributed by atoms with E-state index in [1.807, 2.05) is 30.3 Å². The summed E-state index contributed by atoms with van der Waals surface area (Å²) in [4.78, 5) is 10.4. The van der Waals surface area contributed by atoms with E-state index in [0.29, 0.717) is 28.2 Å². The number of nitrogens with zero attached hydrogens (tertiary/aromatic N) is 3. The summed E-state index contributed by atoms with van der Waals surface area (Å²) in [7, 11) is 0. The first-order valence-electron chi connectivity index (χ1n) is 23.2. The highest BCUT2D eigenvalue weighted by Gasteiger charge is 2.29. The van der Waals surface area contributed by atoms with E-state index in [4.69, 9.17) is 15.5 Å². The molecule has 0 bridgehead atoms. The van der Waals surface area contributed by atoms with Crippen molar-refractivity contribution in [2.45, 2.75) is 66.2 Å². The average Bonchev–Trinajstić information content (AvgIpc) is 3.69. The standard InChI is InChI=1S/C58H53N3O/c1-37-22-25-40(26-23-37)42-28-29-59-51(34-42)45-32-43(39-16-11-9-12-17-39)31-44(33-45)47-20-15-21-53-54(47)60-56(49-35-46(57(3,4)5)36-50(55(49)62)58(6,7)8)61(53)52-27-24-38(2)30-48(52)41-18-13-10-14-19-41/h9-36,62H,1-8H3/i22D,23D,25D,26D. The molecule has 2 aromatic heterocycles. The smallest absolute Gasteiger partial charge is 0.149 e. The van der Waals surface area contributed by atoms with Gasteiger partial charge in [-0.25, -0.2) is 4.98 Å². The van der Waals surface area contributed by atoms with Crippen molar-refractivity contribution in [3.63, 3.8) is 0 Å². The second-order valence-electron chi connectivity index (χ2n) is 18.3. The molecule has 0 spiro atoms. The number of hydrogen-bond acceptors (Lipinski definition) is 3. The van der Waals surface area contributed by atoms with Crippen LogP contribution in [0.2, 0.25) is 0 Å². The number of phenolic OH excluding ortho intramolecular Hbond substituents is 1. The Kier molecular flexibility index (Phi) is 9.08. The zero-order valence-electron chi connectivity index (χ0n) is 40.6. The van der Waals surface area contributed by atoms with Gasteiger partial charge in [-0.15, -0.1) is 0 Å². The van der Waals surface area contributed by atoms with Gasteiger partial charge in [0, 0.05) is 28.5 Å². The largest absolute Gasteiger partial charge is 0.507 e. The topological polar surface area (TPSA) is 50.9 Å². The van der Waals surface area contributed by atoms with Gasteiger partial charge in [0.1, 0.15) is 11.6 Å². The third kappa shape index (κ3) is 7.74. The van der Waals surface area contributed by atoms with E-state index in [0.717, 1.165) is 72.4 Å². The van der Waals surface area contributed by atoms with Crippen molar-refractivity contribution in [1.82, 2.24) is 14.5 Å². The maximum atomic E-state index is 12.5. The highest BCUT2D eigenvalue weighted by atomic mass is 16.3. The van der Waals surface area contributed by atoms with Crippen LogP contribution in [-0.2, 0) is 10.8 Å². The number of imidazole rings is 1. The van der Waals surface area contributed by atoms with Crippen LogP contribution < -0.4 is 0 Å². The molecule has 62 heavy (non-hydrogen) atoms. The summed E-state index contributed by atoms with van der Waals surface area (Å²) in [6.45, 7) is 16.7. The van der Waals surface area contributed by atoms with Crippen molar-refractivity contribution in [2.24, 2.45) is 0 Å². The van der Waals surface area contributed by atoms with Crippen molar-refractivity contribution < 1.29 is 10.6 Å². The Balaban J connectivity index is 1.35. The van der Waals surface area contributed by atoms with E-state index in [2.05, 4.69) is 156 Å². The Morgan fingerprint density at radius 2 is 1.19 bits per heavy atom. The predicted molar refractivity (Wildman–Crippen MR) is 260 cm³/mol. The summed E-state index contributed by atoms with van der Waals surface area (Å²) in [5.74, 6) is 0.830. The van der Waals surface area contributed by atoms with Gasteiger partial charge in [-0.3, -0.25) is 9.55 Å². The highest BCUT2D eigenvalue weighted by molar-refractivity contribution is 5.98. The molecule has 0 saturated carbocycles. The van der Waals surface area contributed by atoms with Crippen molar-refractivity contribution in [3.05, 3.63) is 192 Å². The number of aromatic nitrogens is 3. The fourth-order valence-corrected chi connectivity index (χ4v) is 8.25. The molecule has 0 amide bonds. The number of phenols is 1. The van der Waals surface area contributed by atoms with E-state index in [1.165, 1.54) is 0 Å². The van der Waals surface area contributed by atoms with E-state index in [-0.39, 0.29) is 46.3 Å². The van der Waals surface area contributed by atoms with Gasteiger partial charge in [-0.1, -0.05) is 162 Å². The molecule has 9 aromatic rings. The minimum atomic E-state index is -0.363. The van der Waals surface area contributed by atoms with Crippen molar-refractivity contribution >= 4 is 11.0 Å². The lowest BCUT2D eigenvalue weighted by molar-refractivity contribution is 0.446. The van der Waals surface area contributed by atoms with Gasteiger partial charge in [0.2, 0.25) is 0 Å². The minimum Gasteiger partial charge on any atom is -0.507 e. The van der Waals surface area contributed by atoms with E-state index >= 15 is 0 Å². The van der Waals surface area contributed by atoms with Crippen LogP contribution in [0.1, 0.15) is 69.3 Å². The van der Waals surface area contributed by atoms with Gasteiger partial charge in [-0.2, -0.15) is 0 Å². The third-order valence-electron chi connectivity index (χ3n) is 11.6. The molecule has 4 nitrogen and oxygen atoms in total. The van der Waals surface area contributed by atoms with Crippen LogP contribution in [0.3, 0.4) is 0 Å². The van der Waals surface area contributed by atoms with Crippen LogP contribution in [0, 0.1) is 13.8 Å². The van der Waals surface area contributed by atoms with Gasteiger partial charge < -0.3 is 5.11 Å². The first kappa shape index (κ1) is 35.7. The van der Waals surface area contributed by atoms with Crippen LogP contribution in [-0.4, -0.2) is 19.6 Å². The Bertz CT molecular complexity index is 3310. The summed E-state index contributed by atoms with van der Waals surface area (Å²) >= 11 is 0. The summed E-state index contributed by atoms with van der Waals surface area (Å²) in [6.07, 6.45) is 1.66. The van der Waals surface area contributed by atoms with E-state index < -0.39 is 0 Å². The second kappa shape index (κ2) is 15.8. The summed E-state index contributed by atoms with van der Waals surface area (Å²) in [6, 6.07) is 47.3.